The van der Waals surface area contributed by atoms with Gasteiger partial charge in [-0.25, -0.2) is 17.7 Å². The zero-order valence-electron chi connectivity index (χ0n) is 14.3. The van der Waals surface area contributed by atoms with Crippen molar-refractivity contribution in [2.45, 2.75) is 25.7 Å². The number of aryl methyl sites for hydroxylation is 1. The van der Waals surface area contributed by atoms with Gasteiger partial charge in [0.25, 0.3) is 15.9 Å². The minimum atomic E-state index is -3.87. The van der Waals surface area contributed by atoms with Crippen LogP contribution < -0.4 is 5.43 Å². The van der Waals surface area contributed by atoms with Gasteiger partial charge in [-0.05, 0) is 26.0 Å². The molecule has 0 saturated carbocycles. The van der Waals surface area contributed by atoms with Crippen molar-refractivity contribution in [3.8, 4) is 0 Å². The van der Waals surface area contributed by atoms with E-state index in [1.165, 1.54) is 19.1 Å². The van der Waals surface area contributed by atoms with Gasteiger partial charge in [0.1, 0.15) is 4.90 Å². The number of ketones is 1. The second kappa shape index (κ2) is 6.61. The highest BCUT2D eigenvalue weighted by molar-refractivity contribution is 7.90. The van der Waals surface area contributed by atoms with E-state index in [2.05, 4.69) is 15.5 Å². The average Bonchev–Trinajstić information content (AvgIpc) is 3.05. The number of Topliss-reactive ketones (excluding diaryl/α,β-unsaturated/α-hetero) is 1. The normalized spacial score (nSPS) is 15.9. The average molecular weight is 392 g/mol. The first-order valence-electron chi connectivity index (χ1n) is 7.65. The van der Waals surface area contributed by atoms with Gasteiger partial charge in [0, 0.05) is 6.92 Å². The molecule has 1 aromatic heterocycles. The van der Waals surface area contributed by atoms with E-state index in [-0.39, 0.29) is 22.8 Å². The lowest BCUT2D eigenvalue weighted by molar-refractivity contribution is 0.0883. The van der Waals surface area contributed by atoms with Crippen molar-refractivity contribution in [1.82, 2.24) is 9.29 Å². The SMILES string of the molecule is CC(=O)c1sc(N/N=C(/C)CN2C(=O)c3ccccc3S2(=O)=O)nc1C. The Morgan fingerprint density at radius 2 is 2.00 bits per heavy atom. The number of nitrogens with one attached hydrogen (secondary N) is 1. The van der Waals surface area contributed by atoms with E-state index in [0.29, 0.717) is 21.4 Å². The van der Waals surface area contributed by atoms with Crippen LogP contribution in [0, 0.1) is 6.92 Å². The van der Waals surface area contributed by atoms with Crippen LogP contribution in [-0.4, -0.2) is 41.7 Å². The molecule has 0 fully saturated rings. The maximum Gasteiger partial charge on any atom is 0.269 e. The van der Waals surface area contributed by atoms with Crippen LogP contribution in [-0.2, 0) is 10.0 Å². The van der Waals surface area contributed by atoms with Crippen molar-refractivity contribution >= 4 is 43.9 Å². The van der Waals surface area contributed by atoms with Gasteiger partial charge in [0.2, 0.25) is 5.13 Å². The van der Waals surface area contributed by atoms with Gasteiger partial charge >= 0.3 is 0 Å². The molecule has 8 nitrogen and oxygen atoms in total. The number of amides is 1. The molecule has 2 heterocycles. The molecule has 3 rings (SSSR count). The fraction of sp³-hybridized carbons (Fsp3) is 0.250. The second-order valence-electron chi connectivity index (χ2n) is 5.76. The number of fused-ring (bicyclic) bond motifs is 1. The summed E-state index contributed by atoms with van der Waals surface area (Å²) < 4.78 is 25.8. The molecule has 1 amide bonds. The summed E-state index contributed by atoms with van der Waals surface area (Å²) in [6.45, 7) is 4.61. The third kappa shape index (κ3) is 3.13. The van der Waals surface area contributed by atoms with E-state index in [9.17, 15) is 18.0 Å². The summed E-state index contributed by atoms with van der Waals surface area (Å²) in [7, 11) is -3.87. The molecule has 0 unspecified atom stereocenters. The van der Waals surface area contributed by atoms with Gasteiger partial charge in [-0.15, -0.1) is 0 Å². The van der Waals surface area contributed by atoms with Gasteiger partial charge in [0.05, 0.1) is 28.4 Å². The maximum atomic E-state index is 12.5. The summed E-state index contributed by atoms with van der Waals surface area (Å²) in [5.41, 5.74) is 3.85. The molecule has 2 aromatic rings. The van der Waals surface area contributed by atoms with Crippen LogP contribution in [0.3, 0.4) is 0 Å². The maximum absolute atomic E-state index is 12.5. The molecule has 26 heavy (non-hydrogen) atoms. The van der Waals surface area contributed by atoms with Crippen LogP contribution in [0.4, 0.5) is 5.13 Å². The summed E-state index contributed by atoms with van der Waals surface area (Å²) in [4.78, 5) is 28.6. The van der Waals surface area contributed by atoms with Gasteiger partial charge < -0.3 is 0 Å². The van der Waals surface area contributed by atoms with E-state index < -0.39 is 15.9 Å². The van der Waals surface area contributed by atoms with E-state index in [0.717, 1.165) is 15.6 Å². The molecule has 0 atom stereocenters. The standard InChI is InChI=1S/C16H16N4O4S2/c1-9(18-19-16-17-10(2)14(25-16)11(3)21)8-20-15(22)12-6-4-5-7-13(12)26(20,23)24/h4-7H,8H2,1-3H3,(H,17,19)/b18-9-. The van der Waals surface area contributed by atoms with Crippen molar-refractivity contribution in [3.05, 3.63) is 40.4 Å². The van der Waals surface area contributed by atoms with Crippen LogP contribution in [0.1, 0.15) is 39.6 Å². The molecule has 0 bridgehead atoms. The number of aromatic nitrogens is 1. The summed E-state index contributed by atoms with van der Waals surface area (Å²) in [6, 6.07) is 6.10. The van der Waals surface area contributed by atoms with Crippen LogP contribution in [0.25, 0.3) is 0 Å². The van der Waals surface area contributed by atoms with E-state index in [4.69, 9.17) is 0 Å². The lowest BCUT2D eigenvalue weighted by atomic mass is 10.2. The smallest absolute Gasteiger partial charge is 0.269 e. The summed E-state index contributed by atoms with van der Waals surface area (Å²) in [6.07, 6.45) is 0. The van der Waals surface area contributed by atoms with Crippen LogP contribution in [0.2, 0.25) is 0 Å². The van der Waals surface area contributed by atoms with Gasteiger partial charge in [-0.3, -0.25) is 15.0 Å². The number of hydrazone groups is 1. The highest BCUT2D eigenvalue weighted by Crippen LogP contribution is 2.29. The monoisotopic (exact) mass is 392 g/mol. The number of carbonyl (C=O) groups is 2. The highest BCUT2D eigenvalue weighted by Gasteiger charge is 2.40. The molecule has 10 heteroatoms. The molecular weight excluding hydrogens is 376 g/mol. The quantitative estimate of drug-likeness (QED) is 0.475. The fourth-order valence-electron chi connectivity index (χ4n) is 2.54. The number of carbonyl (C=O) groups excluding carboxylic acids is 2. The largest absolute Gasteiger partial charge is 0.294 e. The first-order valence-corrected chi connectivity index (χ1v) is 9.91. The molecular formula is C16H16N4O4S2. The van der Waals surface area contributed by atoms with E-state index in [1.54, 1.807) is 26.0 Å². The minimum absolute atomic E-state index is 0.00686. The molecule has 1 aliphatic rings. The number of sulfonamides is 1. The predicted molar refractivity (Wildman–Crippen MR) is 98.3 cm³/mol. The van der Waals surface area contributed by atoms with E-state index >= 15 is 0 Å². The van der Waals surface area contributed by atoms with Crippen molar-refractivity contribution in [3.63, 3.8) is 0 Å². The number of rotatable bonds is 5. The minimum Gasteiger partial charge on any atom is -0.294 e. The Labute approximate surface area is 154 Å². The lowest BCUT2D eigenvalue weighted by Gasteiger charge is -2.14. The zero-order chi connectivity index (χ0) is 19.1. The highest BCUT2D eigenvalue weighted by atomic mass is 32.2. The first kappa shape index (κ1) is 18.2. The molecule has 1 aliphatic heterocycles. The van der Waals surface area contributed by atoms with Crippen LogP contribution in [0.15, 0.2) is 34.3 Å². The topological polar surface area (TPSA) is 109 Å². The van der Waals surface area contributed by atoms with Crippen molar-refractivity contribution in [1.29, 1.82) is 0 Å². The van der Waals surface area contributed by atoms with Gasteiger partial charge in [0.15, 0.2) is 5.78 Å². The Kier molecular flexibility index (Phi) is 4.63. The molecule has 0 saturated heterocycles. The molecule has 1 N–H and O–H groups in total. The third-order valence-electron chi connectivity index (χ3n) is 3.74. The molecule has 136 valence electrons. The Hall–Kier alpha value is -2.59. The predicted octanol–water partition coefficient (Wildman–Crippen LogP) is 2.29. The second-order valence-corrected chi connectivity index (χ2v) is 8.59. The van der Waals surface area contributed by atoms with Gasteiger partial charge in [-0.1, -0.05) is 23.5 Å². The van der Waals surface area contributed by atoms with E-state index in [1.807, 2.05) is 0 Å². The number of anilines is 1. The zero-order valence-corrected chi connectivity index (χ0v) is 15.9. The molecule has 1 aromatic carbocycles. The Balaban J connectivity index is 1.77. The van der Waals surface area contributed by atoms with Gasteiger partial charge in [-0.2, -0.15) is 5.10 Å². The fourth-order valence-corrected chi connectivity index (χ4v) is 4.94. The number of thiazole rings is 1. The Morgan fingerprint density at radius 3 is 2.62 bits per heavy atom. The Bertz CT molecular complexity index is 1040. The van der Waals surface area contributed by atoms with Crippen molar-refractivity contribution < 1.29 is 18.0 Å². The molecule has 0 radical (unpaired) electrons. The summed E-state index contributed by atoms with van der Waals surface area (Å²) in [5, 5.41) is 4.50. The van der Waals surface area contributed by atoms with Crippen molar-refractivity contribution in [2.75, 3.05) is 12.0 Å². The Morgan fingerprint density at radius 1 is 1.31 bits per heavy atom. The molecule has 0 spiro atoms. The summed E-state index contributed by atoms with van der Waals surface area (Å²) >= 11 is 1.16. The lowest BCUT2D eigenvalue weighted by Crippen LogP contribution is -2.34. The van der Waals surface area contributed by atoms with Crippen molar-refractivity contribution in [2.24, 2.45) is 5.10 Å². The third-order valence-corrected chi connectivity index (χ3v) is 6.69. The molecule has 0 aliphatic carbocycles. The van der Waals surface area contributed by atoms with Crippen LogP contribution >= 0.6 is 11.3 Å². The number of nitrogens with zero attached hydrogens (tertiary/aromatic N) is 3. The first-order chi connectivity index (χ1) is 12.2. The number of hydrogen-bond donors (Lipinski definition) is 1. The number of benzene rings is 1. The number of hydrogen-bond acceptors (Lipinski definition) is 8. The van der Waals surface area contributed by atoms with Crippen LogP contribution in [0.5, 0.6) is 0 Å². The summed E-state index contributed by atoms with van der Waals surface area (Å²) in [5.74, 6) is -0.653.